The van der Waals surface area contributed by atoms with Gasteiger partial charge in [0.1, 0.15) is 0 Å². The molecule has 1 N–H and O–H groups in total. The highest BCUT2D eigenvalue weighted by molar-refractivity contribution is 5.80. The Morgan fingerprint density at radius 3 is 2.75 bits per heavy atom. The van der Waals surface area contributed by atoms with E-state index in [2.05, 4.69) is 10.3 Å². The van der Waals surface area contributed by atoms with Crippen molar-refractivity contribution in [3.63, 3.8) is 0 Å². The van der Waals surface area contributed by atoms with E-state index in [0.717, 1.165) is 5.56 Å². The summed E-state index contributed by atoms with van der Waals surface area (Å²) in [5.74, 6) is -0.653. The molecule has 3 nitrogen and oxygen atoms in total. The van der Waals surface area contributed by atoms with Crippen LogP contribution < -0.4 is 5.32 Å². The molecule has 0 spiro atoms. The Morgan fingerprint density at radius 1 is 1.29 bits per heavy atom. The van der Waals surface area contributed by atoms with Gasteiger partial charge in [-0.2, -0.15) is 13.2 Å². The van der Waals surface area contributed by atoms with Crippen LogP contribution in [0.4, 0.5) is 13.2 Å². The van der Waals surface area contributed by atoms with E-state index < -0.39 is 17.6 Å². The lowest BCUT2D eigenvalue weighted by atomic mass is 9.90. The van der Waals surface area contributed by atoms with Crippen molar-refractivity contribution in [2.45, 2.75) is 37.9 Å². The van der Waals surface area contributed by atoms with Crippen molar-refractivity contribution < 1.29 is 18.0 Å². The zero-order valence-electron chi connectivity index (χ0n) is 13.2. The van der Waals surface area contributed by atoms with E-state index in [9.17, 15) is 18.0 Å². The van der Waals surface area contributed by atoms with Crippen LogP contribution in [0, 0.1) is 6.92 Å². The van der Waals surface area contributed by atoms with E-state index in [-0.39, 0.29) is 18.4 Å². The van der Waals surface area contributed by atoms with E-state index in [0.29, 0.717) is 17.5 Å². The number of hydrogen-bond acceptors (Lipinski definition) is 2. The number of rotatable bonds is 3. The molecule has 0 saturated carbocycles. The molecule has 1 amide bonds. The zero-order chi connectivity index (χ0) is 17.4. The Kier molecular flexibility index (Phi) is 4.07. The van der Waals surface area contributed by atoms with Crippen molar-refractivity contribution in [3.05, 3.63) is 65.0 Å². The third-order valence-corrected chi connectivity index (χ3v) is 4.58. The van der Waals surface area contributed by atoms with Gasteiger partial charge in [0.15, 0.2) is 5.54 Å². The van der Waals surface area contributed by atoms with Crippen molar-refractivity contribution in [1.82, 2.24) is 10.3 Å². The molecular formula is C18H17F3N2O. The summed E-state index contributed by atoms with van der Waals surface area (Å²) >= 11 is 0. The Bertz CT molecular complexity index is 773. The first-order chi connectivity index (χ1) is 11.3. The molecule has 0 bridgehead atoms. The van der Waals surface area contributed by atoms with Gasteiger partial charge in [0, 0.05) is 12.4 Å². The van der Waals surface area contributed by atoms with E-state index in [4.69, 9.17) is 0 Å². The largest absolute Gasteiger partial charge is 0.415 e. The van der Waals surface area contributed by atoms with E-state index in [1.165, 1.54) is 12.3 Å². The van der Waals surface area contributed by atoms with Crippen LogP contribution in [0.25, 0.3) is 0 Å². The Hall–Kier alpha value is -2.37. The summed E-state index contributed by atoms with van der Waals surface area (Å²) in [7, 11) is 0. The first kappa shape index (κ1) is 16.5. The van der Waals surface area contributed by atoms with Crippen LogP contribution in [-0.2, 0) is 23.2 Å². The average Bonchev–Trinajstić information content (AvgIpc) is 2.90. The van der Waals surface area contributed by atoms with Crippen LogP contribution in [0.15, 0.2) is 42.7 Å². The number of nitrogens with one attached hydrogen (secondary N) is 1. The minimum absolute atomic E-state index is 0.125. The molecule has 24 heavy (non-hydrogen) atoms. The molecule has 0 aliphatic heterocycles. The third kappa shape index (κ3) is 2.77. The number of halogens is 3. The number of aromatic nitrogens is 1. The van der Waals surface area contributed by atoms with Gasteiger partial charge in [-0.25, -0.2) is 0 Å². The predicted molar refractivity (Wildman–Crippen MR) is 83.3 cm³/mol. The molecule has 0 saturated heterocycles. The molecule has 1 atom stereocenters. The molecule has 3 rings (SSSR count). The van der Waals surface area contributed by atoms with Gasteiger partial charge < -0.3 is 5.32 Å². The summed E-state index contributed by atoms with van der Waals surface area (Å²) < 4.78 is 41.5. The number of hydrogen-bond donors (Lipinski definition) is 1. The molecule has 0 fully saturated rings. The van der Waals surface area contributed by atoms with Gasteiger partial charge >= 0.3 is 6.18 Å². The molecule has 0 radical (unpaired) electrons. The standard InChI is InChI=1S/C18H17F3N2O/c1-12-7-9-22-11-14(12)10-16(24)23-17(18(19,20)21)8-6-13-4-2-3-5-15(13)17/h2-5,7,9,11H,6,8,10H2,1H3,(H,23,24). The van der Waals surface area contributed by atoms with Crippen molar-refractivity contribution in [3.8, 4) is 0 Å². The second-order valence-electron chi connectivity index (χ2n) is 6.09. The van der Waals surface area contributed by atoms with Crippen molar-refractivity contribution in [2.24, 2.45) is 0 Å². The van der Waals surface area contributed by atoms with E-state index >= 15 is 0 Å². The average molecular weight is 334 g/mol. The summed E-state index contributed by atoms with van der Waals surface area (Å²) in [4.78, 5) is 16.3. The van der Waals surface area contributed by atoms with Gasteiger partial charge in [-0.1, -0.05) is 24.3 Å². The molecule has 1 aliphatic rings. The fraction of sp³-hybridized carbons (Fsp3) is 0.333. The molecule has 1 aromatic heterocycles. The highest BCUT2D eigenvalue weighted by Crippen LogP contribution is 2.48. The molecule has 126 valence electrons. The van der Waals surface area contributed by atoms with Crippen LogP contribution in [-0.4, -0.2) is 17.1 Å². The second-order valence-corrected chi connectivity index (χ2v) is 6.09. The number of nitrogens with zero attached hydrogens (tertiary/aromatic N) is 1. The fourth-order valence-electron chi connectivity index (χ4n) is 3.24. The van der Waals surface area contributed by atoms with Gasteiger partial charge in [-0.3, -0.25) is 9.78 Å². The normalized spacial score (nSPS) is 19.8. The summed E-state index contributed by atoms with van der Waals surface area (Å²) in [6.07, 6.45) is -1.46. The number of pyridine rings is 1. The monoisotopic (exact) mass is 334 g/mol. The summed E-state index contributed by atoms with van der Waals surface area (Å²) in [6, 6.07) is 8.15. The molecule has 1 heterocycles. The van der Waals surface area contributed by atoms with Gasteiger partial charge in [-0.15, -0.1) is 0 Å². The van der Waals surface area contributed by atoms with Gasteiger partial charge in [0.05, 0.1) is 6.42 Å². The quantitative estimate of drug-likeness (QED) is 0.934. The fourth-order valence-corrected chi connectivity index (χ4v) is 3.24. The number of benzene rings is 1. The maximum Gasteiger partial charge on any atom is 0.415 e. The second kappa shape index (κ2) is 5.92. The molecular weight excluding hydrogens is 317 g/mol. The third-order valence-electron chi connectivity index (χ3n) is 4.58. The van der Waals surface area contributed by atoms with Crippen molar-refractivity contribution in [2.75, 3.05) is 0 Å². The minimum atomic E-state index is -4.56. The van der Waals surface area contributed by atoms with Gasteiger partial charge in [0.2, 0.25) is 5.91 Å². The Morgan fingerprint density at radius 2 is 2.04 bits per heavy atom. The molecule has 6 heteroatoms. The number of amides is 1. The topological polar surface area (TPSA) is 42.0 Å². The highest BCUT2D eigenvalue weighted by atomic mass is 19.4. The lowest BCUT2D eigenvalue weighted by Gasteiger charge is -2.34. The van der Waals surface area contributed by atoms with Crippen molar-refractivity contribution >= 4 is 5.91 Å². The highest BCUT2D eigenvalue weighted by Gasteiger charge is 2.59. The number of carbonyl (C=O) groups excluding carboxylic acids is 1. The molecule has 1 aromatic carbocycles. The van der Waals surface area contributed by atoms with Gasteiger partial charge in [0.25, 0.3) is 0 Å². The van der Waals surface area contributed by atoms with Crippen LogP contribution in [0.1, 0.15) is 28.7 Å². The van der Waals surface area contributed by atoms with E-state index in [1.807, 2.05) is 0 Å². The summed E-state index contributed by atoms with van der Waals surface area (Å²) in [5.41, 5.74) is -0.0790. The first-order valence-electron chi connectivity index (χ1n) is 7.69. The first-order valence-corrected chi connectivity index (χ1v) is 7.69. The Labute approximate surface area is 137 Å². The maximum atomic E-state index is 13.8. The number of fused-ring (bicyclic) bond motifs is 1. The minimum Gasteiger partial charge on any atom is -0.338 e. The zero-order valence-corrected chi connectivity index (χ0v) is 13.2. The summed E-state index contributed by atoms with van der Waals surface area (Å²) in [6.45, 7) is 1.80. The van der Waals surface area contributed by atoms with E-state index in [1.54, 1.807) is 37.4 Å². The number of aryl methyl sites for hydroxylation is 2. The van der Waals surface area contributed by atoms with Gasteiger partial charge in [-0.05, 0) is 48.1 Å². The van der Waals surface area contributed by atoms with Crippen molar-refractivity contribution in [1.29, 1.82) is 0 Å². The van der Waals surface area contributed by atoms with Crippen LogP contribution in [0.5, 0.6) is 0 Å². The number of carbonyl (C=O) groups is 1. The van der Waals surface area contributed by atoms with Crippen LogP contribution in [0.2, 0.25) is 0 Å². The lowest BCUT2D eigenvalue weighted by Crippen LogP contribution is -2.55. The molecule has 2 aromatic rings. The maximum absolute atomic E-state index is 13.8. The van der Waals surface area contributed by atoms with Crippen LogP contribution >= 0.6 is 0 Å². The SMILES string of the molecule is Cc1ccncc1CC(=O)NC1(C(F)(F)F)CCc2ccccc21. The Balaban J connectivity index is 1.90. The molecule has 1 aliphatic carbocycles. The predicted octanol–water partition coefficient (Wildman–Crippen LogP) is 3.45. The summed E-state index contributed by atoms with van der Waals surface area (Å²) in [5, 5.41) is 2.27. The smallest absolute Gasteiger partial charge is 0.338 e. The molecule has 1 unspecified atom stereocenters. The lowest BCUT2D eigenvalue weighted by molar-refractivity contribution is -0.202. The van der Waals surface area contributed by atoms with Crippen LogP contribution in [0.3, 0.4) is 0 Å². The number of alkyl halides is 3.